The van der Waals surface area contributed by atoms with Crippen molar-refractivity contribution >= 4 is 39.1 Å². The molecular formula is C31H38ClN3O5S. The fourth-order valence-electron chi connectivity index (χ4n) is 4.15. The number of hydrogen-bond donors (Lipinski definition) is 1. The largest absolute Gasteiger partial charge is 0.492 e. The Hall–Kier alpha value is -3.56. The van der Waals surface area contributed by atoms with Crippen LogP contribution in [0.15, 0.2) is 77.7 Å². The highest BCUT2D eigenvalue weighted by Gasteiger charge is 2.34. The Labute approximate surface area is 248 Å². The van der Waals surface area contributed by atoms with Crippen LogP contribution in [0.1, 0.15) is 45.2 Å². The number of aryl methyl sites for hydroxylation is 1. The van der Waals surface area contributed by atoms with Crippen molar-refractivity contribution in [2.75, 3.05) is 17.5 Å². The van der Waals surface area contributed by atoms with Crippen molar-refractivity contribution in [3.63, 3.8) is 0 Å². The Morgan fingerprint density at radius 3 is 2.22 bits per heavy atom. The Bertz CT molecular complexity index is 1450. The number of nitrogens with zero attached hydrogens (tertiary/aromatic N) is 2. The van der Waals surface area contributed by atoms with Crippen molar-refractivity contribution in [2.45, 2.75) is 64.6 Å². The van der Waals surface area contributed by atoms with E-state index in [1.54, 1.807) is 74.5 Å². The molecule has 41 heavy (non-hydrogen) atoms. The Balaban J connectivity index is 2.09. The molecule has 0 heterocycles. The average molecular weight is 600 g/mol. The van der Waals surface area contributed by atoms with Gasteiger partial charge in [0.2, 0.25) is 11.8 Å². The quantitative estimate of drug-likeness (QED) is 0.277. The number of sulfonamides is 1. The molecule has 10 heteroatoms. The van der Waals surface area contributed by atoms with E-state index in [1.165, 1.54) is 17.0 Å². The monoisotopic (exact) mass is 599 g/mol. The highest BCUT2D eigenvalue weighted by molar-refractivity contribution is 7.92. The van der Waals surface area contributed by atoms with Gasteiger partial charge in [-0.25, -0.2) is 8.42 Å². The summed E-state index contributed by atoms with van der Waals surface area (Å²) >= 11 is 6.43. The number of para-hydroxylation sites is 2. The van der Waals surface area contributed by atoms with Crippen LogP contribution in [0.3, 0.4) is 0 Å². The standard InChI is InChI=1S/C31H38ClN3O5S/c1-6-23(4)33-31(37)24(5)34(20-25-12-8-9-13-27(25)32)30(36)21-35(28-14-10-11-15-29(28)40-7-2)41(38,39)26-18-16-22(3)17-19-26/h8-19,23-24H,6-7,20-21H2,1-5H3,(H,33,37)/t23-,24-/m0/s1. The number of rotatable bonds is 13. The molecule has 8 nitrogen and oxygen atoms in total. The molecule has 0 bridgehead atoms. The van der Waals surface area contributed by atoms with Gasteiger partial charge in [0.05, 0.1) is 17.2 Å². The molecule has 3 aromatic carbocycles. The van der Waals surface area contributed by atoms with Gasteiger partial charge in [0, 0.05) is 17.6 Å². The molecule has 1 N–H and O–H groups in total. The average Bonchev–Trinajstić information content (AvgIpc) is 2.95. The smallest absolute Gasteiger partial charge is 0.264 e. The second kappa shape index (κ2) is 14.4. The molecular weight excluding hydrogens is 562 g/mol. The van der Waals surface area contributed by atoms with Gasteiger partial charge in [-0.2, -0.15) is 0 Å². The lowest BCUT2D eigenvalue weighted by Crippen LogP contribution is -2.52. The predicted octanol–water partition coefficient (Wildman–Crippen LogP) is 5.57. The maximum Gasteiger partial charge on any atom is 0.264 e. The first kappa shape index (κ1) is 32.0. The predicted molar refractivity (Wildman–Crippen MR) is 163 cm³/mol. The Kier molecular flexibility index (Phi) is 11.2. The molecule has 0 aliphatic rings. The molecule has 0 aliphatic heterocycles. The first-order chi connectivity index (χ1) is 19.5. The lowest BCUT2D eigenvalue weighted by molar-refractivity contribution is -0.139. The Morgan fingerprint density at radius 2 is 1.59 bits per heavy atom. The van der Waals surface area contributed by atoms with Gasteiger partial charge in [-0.1, -0.05) is 66.6 Å². The van der Waals surface area contributed by atoms with E-state index in [9.17, 15) is 18.0 Å². The zero-order chi connectivity index (χ0) is 30.2. The topological polar surface area (TPSA) is 96.0 Å². The number of amides is 2. The van der Waals surface area contributed by atoms with Gasteiger partial charge in [-0.15, -0.1) is 0 Å². The van der Waals surface area contributed by atoms with E-state index < -0.39 is 28.5 Å². The van der Waals surface area contributed by atoms with Crippen molar-refractivity contribution < 1.29 is 22.7 Å². The van der Waals surface area contributed by atoms with Crippen molar-refractivity contribution in [2.24, 2.45) is 0 Å². The maximum atomic E-state index is 14.1. The van der Waals surface area contributed by atoms with E-state index in [0.29, 0.717) is 29.4 Å². The molecule has 0 spiro atoms. The second-order valence-electron chi connectivity index (χ2n) is 9.83. The van der Waals surface area contributed by atoms with Crippen molar-refractivity contribution in [3.05, 3.63) is 88.9 Å². The lowest BCUT2D eigenvalue weighted by Gasteiger charge is -2.33. The number of halogens is 1. The van der Waals surface area contributed by atoms with Gasteiger partial charge < -0.3 is 15.0 Å². The minimum Gasteiger partial charge on any atom is -0.492 e. The lowest BCUT2D eigenvalue weighted by atomic mass is 10.1. The van der Waals surface area contributed by atoms with E-state index in [-0.39, 0.29) is 29.1 Å². The summed E-state index contributed by atoms with van der Waals surface area (Å²) in [5.41, 5.74) is 1.75. The number of anilines is 1. The fourth-order valence-corrected chi connectivity index (χ4v) is 5.77. The summed E-state index contributed by atoms with van der Waals surface area (Å²) in [4.78, 5) is 28.7. The van der Waals surface area contributed by atoms with Gasteiger partial charge in [0.15, 0.2) is 0 Å². The molecule has 0 aliphatic carbocycles. The summed E-state index contributed by atoms with van der Waals surface area (Å²) in [6.45, 7) is 8.86. The van der Waals surface area contributed by atoms with Crippen LogP contribution in [0.25, 0.3) is 0 Å². The molecule has 2 amide bonds. The summed E-state index contributed by atoms with van der Waals surface area (Å²) in [5.74, 6) is -0.597. The molecule has 220 valence electrons. The van der Waals surface area contributed by atoms with Gasteiger partial charge in [-0.3, -0.25) is 13.9 Å². The summed E-state index contributed by atoms with van der Waals surface area (Å²) in [7, 11) is -4.21. The molecule has 2 atom stereocenters. The molecule has 0 fully saturated rings. The third kappa shape index (κ3) is 8.01. The third-order valence-corrected chi connectivity index (χ3v) is 8.93. The van der Waals surface area contributed by atoms with E-state index in [1.807, 2.05) is 20.8 Å². The van der Waals surface area contributed by atoms with E-state index in [4.69, 9.17) is 16.3 Å². The van der Waals surface area contributed by atoms with Crippen LogP contribution in [-0.2, 0) is 26.2 Å². The summed E-state index contributed by atoms with van der Waals surface area (Å²) in [6.07, 6.45) is 0.716. The van der Waals surface area contributed by atoms with Gasteiger partial charge in [-0.05, 0) is 70.0 Å². The second-order valence-corrected chi connectivity index (χ2v) is 12.1. The van der Waals surface area contributed by atoms with Crippen LogP contribution in [0, 0.1) is 6.92 Å². The number of hydrogen-bond acceptors (Lipinski definition) is 5. The van der Waals surface area contributed by atoms with Gasteiger partial charge in [0.25, 0.3) is 10.0 Å². The van der Waals surface area contributed by atoms with Crippen LogP contribution < -0.4 is 14.4 Å². The van der Waals surface area contributed by atoms with Crippen LogP contribution in [0.2, 0.25) is 5.02 Å². The number of ether oxygens (including phenoxy) is 1. The zero-order valence-corrected chi connectivity index (χ0v) is 25.7. The van der Waals surface area contributed by atoms with Crippen LogP contribution in [0.4, 0.5) is 5.69 Å². The number of carbonyl (C=O) groups is 2. The zero-order valence-electron chi connectivity index (χ0n) is 24.1. The fraction of sp³-hybridized carbons (Fsp3) is 0.355. The highest BCUT2D eigenvalue weighted by atomic mass is 35.5. The van der Waals surface area contributed by atoms with Gasteiger partial charge in [0.1, 0.15) is 18.3 Å². The molecule has 3 rings (SSSR count). The van der Waals surface area contributed by atoms with Crippen LogP contribution >= 0.6 is 11.6 Å². The normalized spacial score (nSPS) is 12.7. The maximum absolute atomic E-state index is 14.1. The molecule has 0 unspecified atom stereocenters. The first-order valence-corrected chi connectivity index (χ1v) is 15.5. The van der Waals surface area contributed by atoms with Crippen molar-refractivity contribution in [1.82, 2.24) is 10.2 Å². The highest BCUT2D eigenvalue weighted by Crippen LogP contribution is 2.33. The minimum atomic E-state index is -4.21. The molecule has 0 radical (unpaired) electrons. The molecule has 3 aromatic rings. The molecule has 0 saturated heterocycles. The SMILES string of the molecule is CCOc1ccccc1N(CC(=O)N(Cc1ccccc1Cl)[C@@H](C)C(=O)N[C@@H](C)CC)S(=O)(=O)c1ccc(C)cc1. The number of carbonyl (C=O) groups excluding carboxylic acids is 2. The van der Waals surface area contributed by atoms with Crippen LogP contribution in [-0.4, -0.2) is 50.4 Å². The molecule has 0 saturated carbocycles. The third-order valence-electron chi connectivity index (χ3n) is 6.79. The Morgan fingerprint density at radius 1 is 0.951 bits per heavy atom. The van der Waals surface area contributed by atoms with Crippen molar-refractivity contribution in [1.29, 1.82) is 0 Å². The first-order valence-electron chi connectivity index (χ1n) is 13.6. The van der Waals surface area contributed by atoms with E-state index in [2.05, 4.69) is 5.32 Å². The number of benzene rings is 3. The van der Waals surface area contributed by atoms with E-state index in [0.717, 1.165) is 9.87 Å². The number of nitrogens with one attached hydrogen (secondary N) is 1. The summed E-state index contributed by atoms with van der Waals surface area (Å²) in [6, 6.07) is 19.1. The van der Waals surface area contributed by atoms with Crippen molar-refractivity contribution in [3.8, 4) is 5.75 Å². The summed E-state index contributed by atoms with van der Waals surface area (Å²) < 4.78 is 34.9. The van der Waals surface area contributed by atoms with E-state index >= 15 is 0 Å². The van der Waals surface area contributed by atoms with Gasteiger partial charge >= 0.3 is 0 Å². The summed E-state index contributed by atoms with van der Waals surface area (Å²) in [5, 5.41) is 3.36. The molecule has 0 aromatic heterocycles. The minimum absolute atomic E-state index is 0.0130. The van der Waals surface area contributed by atoms with Crippen LogP contribution in [0.5, 0.6) is 5.75 Å².